The van der Waals surface area contributed by atoms with Crippen LogP contribution >= 0.6 is 0 Å². The van der Waals surface area contributed by atoms with Crippen LogP contribution in [0.4, 0.5) is 0 Å². The van der Waals surface area contributed by atoms with Gasteiger partial charge < -0.3 is 24.4 Å². The monoisotopic (exact) mass is 464 g/mol. The number of nitrogens with zero attached hydrogens (tertiary/aromatic N) is 2. The molecular formula is C27H32N2O5. The topological polar surface area (TPSA) is 79.3 Å². The number of aliphatic hydroxyl groups excluding tert-OH is 1. The molecule has 7 heteroatoms. The maximum Gasteiger partial charge on any atom is 0.230 e. The lowest BCUT2D eigenvalue weighted by Crippen LogP contribution is -2.32. The molecule has 0 radical (unpaired) electrons. The summed E-state index contributed by atoms with van der Waals surface area (Å²) in [6, 6.07) is 20.2. The molecule has 4 saturated heterocycles. The third-order valence-corrected chi connectivity index (χ3v) is 7.39. The smallest absolute Gasteiger partial charge is 0.230 e. The second-order valence-electron chi connectivity index (χ2n) is 9.45. The molecule has 0 aliphatic carbocycles. The van der Waals surface area contributed by atoms with Crippen molar-refractivity contribution in [2.45, 2.75) is 50.7 Å². The van der Waals surface area contributed by atoms with Gasteiger partial charge in [-0.1, -0.05) is 67.6 Å². The Balaban J connectivity index is 0.000000142. The molecule has 34 heavy (non-hydrogen) atoms. The first-order valence-electron chi connectivity index (χ1n) is 12.2. The minimum atomic E-state index is -0.273. The lowest BCUT2D eigenvalue weighted by atomic mass is 10.0. The highest BCUT2D eigenvalue weighted by Crippen LogP contribution is 2.41. The van der Waals surface area contributed by atoms with Gasteiger partial charge in [0.05, 0.1) is 37.8 Å². The molecule has 0 bridgehead atoms. The third kappa shape index (κ3) is 4.13. The molecule has 2 aromatic carbocycles. The van der Waals surface area contributed by atoms with Crippen LogP contribution in [-0.4, -0.2) is 58.6 Å². The van der Waals surface area contributed by atoms with E-state index in [0.717, 1.165) is 24.0 Å². The Labute approximate surface area is 200 Å². The summed E-state index contributed by atoms with van der Waals surface area (Å²) in [4.78, 5) is 28.1. The van der Waals surface area contributed by atoms with Crippen LogP contribution in [0.2, 0.25) is 0 Å². The summed E-state index contributed by atoms with van der Waals surface area (Å²) < 4.78 is 11.5. The molecule has 4 heterocycles. The number of rotatable bonds is 4. The van der Waals surface area contributed by atoms with Crippen molar-refractivity contribution in [3.05, 3.63) is 71.8 Å². The average molecular weight is 465 g/mol. The van der Waals surface area contributed by atoms with Crippen LogP contribution in [-0.2, 0) is 19.1 Å². The summed E-state index contributed by atoms with van der Waals surface area (Å²) in [5.41, 5.74) is 2.09. The van der Waals surface area contributed by atoms with E-state index in [-0.39, 0.29) is 54.8 Å². The van der Waals surface area contributed by atoms with Gasteiger partial charge in [0, 0.05) is 17.0 Å². The van der Waals surface area contributed by atoms with Crippen LogP contribution < -0.4 is 0 Å². The Kier molecular flexibility index (Phi) is 6.68. The third-order valence-electron chi connectivity index (χ3n) is 7.39. The molecule has 6 rings (SSSR count). The summed E-state index contributed by atoms with van der Waals surface area (Å²) in [5.74, 6) is 0.248. The predicted octanol–water partition coefficient (Wildman–Crippen LogP) is 3.27. The molecule has 4 unspecified atom stereocenters. The summed E-state index contributed by atoms with van der Waals surface area (Å²) in [7, 11) is 0. The quantitative estimate of drug-likeness (QED) is 0.751. The highest BCUT2D eigenvalue weighted by molar-refractivity contribution is 5.82. The van der Waals surface area contributed by atoms with Gasteiger partial charge in [-0.3, -0.25) is 9.59 Å². The van der Waals surface area contributed by atoms with Gasteiger partial charge in [-0.25, -0.2) is 0 Å². The highest BCUT2D eigenvalue weighted by Gasteiger charge is 2.48. The molecule has 2 amide bonds. The van der Waals surface area contributed by atoms with Gasteiger partial charge in [0.25, 0.3) is 0 Å². The van der Waals surface area contributed by atoms with E-state index in [1.807, 2.05) is 65.6 Å². The van der Waals surface area contributed by atoms with Crippen molar-refractivity contribution >= 4 is 11.8 Å². The SMILES string of the molecule is CCC1CC2CO[C@H](c3ccccc3)N2C1=O.O=C1C(CO)CC2CO[C@H](c3ccccc3)N12. The molecule has 2 aromatic rings. The van der Waals surface area contributed by atoms with Gasteiger partial charge in [-0.2, -0.15) is 0 Å². The van der Waals surface area contributed by atoms with Crippen LogP contribution in [0.5, 0.6) is 0 Å². The zero-order valence-corrected chi connectivity index (χ0v) is 19.5. The van der Waals surface area contributed by atoms with Gasteiger partial charge in [-0.15, -0.1) is 0 Å². The Hall–Kier alpha value is -2.74. The number of hydrogen-bond donors (Lipinski definition) is 1. The Bertz CT molecular complexity index is 919. The molecule has 4 aliphatic rings. The number of carbonyl (C=O) groups excluding carboxylic acids is 2. The Morgan fingerprint density at radius 1 is 0.765 bits per heavy atom. The van der Waals surface area contributed by atoms with E-state index in [1.54, 1.807) is 4.90 Å². The van der Waals surface area contributed by atoms with Crippen LogP contribution in [0.1, 0.15) is 49.8 Å². The number of benzene rings is 2. The minimum Gasteiger partial charge on any atom is -0.396 e. The Morgan fingerprint density at radius 2 is 1.21 bits per heavy atom. The zero-order valence-electron chi connectivity index (χ0n) is 19.5. The predicted molar refractivity (Wildman–Crippen MR) is 125 cm³/mol. The normalized spacial score (nSPS) is 31.9. The molecule has 0 saturated carbocycles. The van der Waals surface area contributed by atoms with Gasteiger partial charge in [0.1, 0.15) is 0 Å². The number of fused-ring (bicyclic) bond motifs is 2. The average Bonchev–Trinajstić information content (AvgIpc) is 3.63. The van der Waals surface area contributed by atoms with Gasteiger partial charge in [-0.05, 0) is 19.3 Å². The van der Waals surface area contributed by atoms with Crippen molar-refractivity contribution in [1.29, 1.82) is 0 Å². The summed E-state index contributed by atoms with van der Waals surface area (Å²) >= 11 is 0. The molecule has 7 nitrogen and oxygen atoms in total. The lowest BCUT2D eigenvalue weighted by Gasteiger charge is -2.23. The van der Waals surface area contributed by atoms with E-state index in [2.05, 4.69) is 6.92 Å². The van der Waals surface area contributed by atoms with Gasteiger partial charge >= 0.3 is 0 Å². The fourth-order valence-corrected chi connectivity index (χ4v) is 5.59. The number of carbonyl (C=O) groups is 2. The number of amides is 2. The lowest BCUT2D eigenvalue weighted by molar-refractivity contribution is -0.138. The van der Waals surface area contributed by atoms with Crippen molar-refractivity contribution in [2.24, 2.45) is 11.8 Å². The molecule has 1 N–H and O–H groups in total. The molecule has 4 aliphatic heterocycles. The first kappa shape index (κ1) is 23.0. The first-order chi connectivity index (χ1) is 16.6. The molecule has 4 fully saturated rings. The molecule has 180 valence electrons. The van der Waals surface area contributed by atoms with Crippen molar-refractivity contribution < 1.29 is 24.2 Å². The van der Waals surface area contributed by atoms with Crippen molar-refractivity contribution in [2.75, 3.05) is 19.8 Å². The summed E-state index contributed by atoms with van der Waals surface area (Å²) in [6.07, 6.45) is 2.17. The van der Waals surface area contributed by atoms with Crippen molar-refractivity contribution in [1.82, 2.24) is 9.80 Å². The first-order valence-corrected chi connectivity index (χ1v) is 12.2. The second kappa shape index (κ2) is 9.86. The van der Waals surface area contributed by atoms with Crippen molar-refractivity contribution in [3.63, 3.8) is 0 Å². The zero-order chi connectivity index (χ0) is 23.7. The fraction of sp³-hybridized carbons (Fsp3) is 0.481. The van der Waals surface area contributed by atoms with Crippen LogP contribution in [0.25, 0.3) is 0 Å². The van der Waals surface area contributed by atoms with E-state index in [1.165, 1.54) is 0 Å². The maximum atomic E-state index is 12.2. The Morgan fingerprint density at radius 3 is 1.65 bits per heavy atom. The largest absolute Gasteiger partial charge is 0.396 e. The van der Waals surface area contributed by atoms with Gasteiger partial charge in [0.2, 0.25) is 11.8 Å². The van der Waals surface area contributed by atoms with Crippen LogP contribution in [0, 0.1) is 11.8 Å². The second-order valence-corrected chi connectivity index (χ2v) is 9.45. The fourth-order valence-electron chi connectivity index (χ4n) is 5.59. The molecular weight excluding hydrogens is 432 g/mol. The molecule has 0 spiro atoms. The molecule has 0 aromatic heterocycles. The minimum absolute atomic E-state index is 0.0175. The number of aliphatic hydroxyl groups is 1. The van der Waals surface area contributed by atoms with Crippen LogP contribution in [0.3, 0.4) is 0 Å². The number of hydrogen-bond acceptors (Lipinski definition) is 5. The summed E-state index contributed by atoms with van der Waals surface area (Å²) in [6.45, 7) is 3.28. The highest BCUT2D eigenvalue weighted by atomic mass is 16.5. The van der Waals surface area contributed by atoms with Crippen molar-refractivity contribution in [3.8, 4) is 0 Å². The van der Waals surface area contributed by atoms with E-state index < -0.39 is 0 Å². The van der Waals surface area contributed by atoms with E-state index in [9.17, 15) is 9.59 Å². The molecule has 6 atom stereocenters. The maximum absolute atomic E-state index is 12.2. The standard InChI is InChI=1S/C14H17NO2.C13H15NO3/c1-2-10-8-12-9-17-14(15(12)13(10)16)11-6-4-3-5-7-11;15-7-10-6-11-8-17-13(14(11)12(10)16)9-4-2-1-3-5-9/h3-7,10,12,14H,2,8-9H2,1H3;1-5,10-11,13,15H,6-8H2/t10?,12?,14-;10?,11?,13-/m11/s1. The van der Waals surface area contributed by atoms with E-state index in [0.29, 0.717) is 19.6 Å². The van der Waals surface area contributed by atoms with E-state index >= 15 is 0 Å². The van der Waals surface area contributed by atoms with E-state index in [4.69, 9.17) is 14.6 Å². The number of ether oxygens (including phenoxy) is 2. The van der Waals surface area contributed by atoms with Gasteiger partial charge in [0.15, 0.2) is 12.5 Å². The summed E-state index contributed by atoms with van der Waals surface area (Å²) in [5, 5.41) is 9.16. The van der Waals surface area contributed by atoms with Crippen LogP contribution in [0.15, 0.2) is 60.7 Å².